The average Bonchev–Trinajstić information content (AvgIpc) is 3.15. The molecule has 170 valence electrons. The largest absolute Gasteiger partial charge is 0.461 e. The molecule has 2 aliphatic rings. The van der Waals surface area contributed by atoms with Gasteiger partial charge < -0.3 is 19.7 Å². The van der Waals surface area contributed by atoms with Crippen LogP contribution in [0.5, 0.6) is 0 Å². The van der Waals surface area contributed by atoms with Crippen molar-refractivity contribution in [3.05, 3.63) is 64.1 Å². The van der Waals surface area contributed by atoms with Gasteiger partial charge in [0, 0.05) is 38.4 Å². The number of carbonyl (C=O) groups is 2. The van der Waals surface area contributed by atoms with E-state index in [4.69, 9.17) is 32.7 Å². The zero-order chi connectivity index (χ0) is 22.5. The summed E-state index contributed by atoms with van der Waals surface area (Å²) in [5.41, 5.74) is 1.93. The third-order valence-corrected chi connectivity index (χ3v) is 6.44. The van der Waals surface area contributed by atoms with E-state index in [0.29, 0.717) is 22.2 Å². The Balaban J connectivity index is 1.25. The first-order valence-electron chi connectivity index (χ1n) is 10.6. The van der Waals surface area contributed by atoms with Gasteiger partial charge in [-0.2, -0.15) is 0 Å². The fourth-order valence-corrected chi connectivity index (χ4v) is 4.28. The number of benzene rings is 2. The van der Waals surface area contributed by atoms with E-state index in [1.54, 1.807) is 18.2 Å². The molecular formula is C23H25Cl2N3O4. The molecule has 2 saturated heterocycles. The van der Waals surface area contributed by atoms with Crippen LogP contribution in [0.15, 0.2) is 48.5 Å². The Hall–Kier alpha value is -2.48. The average molecular weight is 478 g/mol. The molecule has 2 aromatic carbocycles. The second kappa shape index (κ2) is 10.4. The van der Waals surface area contributed by atoms with Crippen LogP contribution in [0.3, 0.4) is 0 Å². The van der Waals surface area contributed by atoms with Gasteiger partial charge in [-0.05, 0) is 29.8 Å². The van der Waals surface area contributed by atoms with Crippen LogP contribution in [0, 0.1) is 0 Å². The van der Waals surface area contributed by atoms with Crippen LogP contribution in [0.25, 0.3) is 0 Å². The van der Waals surface area contributed by atoms with Crippen LogP contribution in [-0.4, -0.2) is 68.4 Å². The zero-order valence-corrected chi connectivity index (χ0v) is 19.0. The fraction of sp³-hybridized carbons (Fsp3) is 0.391. The summed E-state index contributed by atoms with van der Waals surface area (Å²) in [6, 6.07) is 15.1. The van der Waals surface area contributed by atoms with Crippen molar-refractivity contribution in [1.29, 1.82) is 0 Å². The lowest BCUT2D eigenvalue weighted by Gasteiger charge is -2.37. The van der Waals surface area contributed by atoms with E-state index in [2.05, 4.69) is 27.2 Å². The molecule has 2 aliphatic heterocycles. The summed E-state index contributed by atoms with van der Waals surface area (Å²) in [5, 5.41) is 3.66. The van der Waals surface area contributed by atoms with Crippen molar-refractivity contribution in [3.8, 4) is 0 Å². The number of carbonyl (C=O) groups excluding carboxylic acids is 2. The predicted octanol–water partition coefficient (Wildman–Crippen LogP) is 3.38. The van der Waals surface area contributed by atoms with Crippen LogP contribution in [0.2, 0.25) is 10.0 Å². The Labute approximate surface area is 197 Å². The molecule has 0 unspecified atom stereocenters. The summed E-state index contributed by atoms with van der Waals surface area (Å²) in [6.07, 6.45) is -0.937. The normalized spacial score (nSPS) is 21.2. The van der Waals surface area contributed by atoms with E-state index >= 15 is 0 Å². The van der Waals surface area contributed by atoms with Crippen LogP contribution >= 0.6 is 23.2 Å². The highest BCUT2D eigenvalue weighted by Gasteiger charge is 2.36. The molecule has 1 amide bonds. The van der Waals surface area contributed by atoms with Gasteiger partial charge in [0.1, 0.15) is 6.61 Å². The summed E-state index contributed by atoms with van der Waals surface area (Å²) in [6.45, 7) is 4.23. The van der Waals surface area contributed by atoms with Gasteiger partial charge in [0.2, 0.25) is 0 Å². The van der Waals surface area contributed by atoms with E-state index in [9.17, 15) is 9.59 Å². The summed E-state index contributed by atoms with van der Waals surface area (Å²) in [4.78, 5) is 28.7. The van der Waals surface area contributed by atoms with Crippen molar-refractivity contribution in [3.63, 3.8) is 0 Å². The van der Waals surface area contributed by atoms with Crippen molar-refractivity contribution in [2.24, 2.45) is 0 Å². The number of alkyl carbamates (subject to hydrolysis) is 1. The number of nitrogens with one attached hydrogen (secondary N) is 1. The summed E-state index contributed by atoms with van der Waals surface area (Å²) in [5.74, 6) is -0.415. The van der Waals surface area contributed by atoms with Crippen molar-refractivity contribution in [1.82, 2.24) is 10.2 Å². The first-order valence-corrected chi connectivity index (χ1v) is 11.3. The summed E-state index contributed by atoms with van der Waals surface area (Å²) >= 11 is 11.9. The van der Waals surface area contributed by atoms with E-state index in [0.717, 1.165) is 26.2 Å². The molecular weight excluding hydrogens is 453 g/mol. The Kier molecular flexibility index (Phi) is 7.40. The number of ether oxygens (including phenoxy) is 2. The van der Waals surface area contributed by atoms with Crippen molar-refractivity contribution >= 4 is 41.0 Å². The highest BCUT2D eigenvalue weighted by molar-refractivity contribution is 6.42. The standard InChI is InChI=1S/C23H25Cl2N3O4/c24-18-7-6-16(12-19(18)25)13-22(29)31-15-21-20(26-23(30)32-21)14-27-8-10-28(11-9-27)17-4-2-1-3-5-17/h1-7,12,20-21H,8-11,13-15H2,(H,26,30)/t20-,21-/m1/s1. The van der Waals surface area contributed by atoms with E-state index in [1.165, 1.54) is 5.69 Å². The van der Waals surface area contributed by atoms with Crippen molar-refractivity contribution in [2.45, 2.75) is 18.6 Å². The molecule has 32 heavy (non-hydrogen) atoms. The maximum absolute atomic E-state index is 12.2. The number of halogens is 2. The third-order valence-electron chi connectivity index (χ3n) is 5.70. The second-order valence-electron chi connectivity index (χ2n) is 7.93. The second-order valence-corrected chi connectivity index (χ2v) is 8.74. The van der Waals surface area contributed by atoms with Gasteiger partial charge in [-0.15, -0.1) is 0 Å². The van der Waals surface area contributed by atoms with Gasteiger partial charge in [-0.3, -0.25) is 9.69 Å². The molecule has 0 bridgehead atoms. The topological polar surface area (TPSA) is 71.1 Å². The van der Waals surface area contributed by atoms with E-state index in [-0.39, 0.29) is 19.1 Å². The maximum Gasteiger partial charge on any atom is 0.408 e. The summed E-state index contributed by atoms with van der Waals surface area (Å²) in [7, 11) is 0. The number of anilines is 1. The lowest BCUT2D eigenvalue weighted by Crippen LogP contribution is -2.52. The highest BCUT2D eigenvalue weighted by atomic mass is 35.5. The first-order chi connectivity index (χ1) is 15.5. The molecule has 9 heteroatoms. The molecule has 0 radical (unpaired) electrons. The Morgan fingerprint density at radius 2 is 1.81 bits per heavy atom. The summed E-state index contributed by atoms with van der Waals surface area (Å²) < 4.78 is 10.7. The Bertz CT molecular complexity index is 952. The molecule has 4 rings (SSSR count). The number of rotatable bonds is 7. The molecule has 1 N–H and O–H groups in total. The predicted molar refractivity (Wildman–Crippen MR) is 123 cm³/mol. The molecule has 0 aromatic heterocycles. The lowest BCUT2D eigenvalue weighted by atomic mass is 10.1. The van der Waals surface area contributed by atoms with Gasteiger partial charge >= 0.3 is 12.1 Å². The molecule has 2 heterocycles. The molecule has 2 atom stereocenters. The van der Waals surface area contributed by atoms with Gasteiger partial charge in [-0.1, -0.05) is 47.5 Å². The molecule has 0 saturated carbocycles. The zero-order valence-electron chi connectivity index (χ0n) is 17.5. The number of para-hydroxylation sites is 1. The van der Waals surface area contributed by atoms with Gasteiger partial charge in [0.25, 0.3) is 0 Å². The fourth-order valence-electron chi connectivity index (χ4n) is 3.96. The monoisotopic (exact) mass is 477 g/mol. The van der Waals surface area contributed by atoms with Gasteiger partial charge in [0.05, 0.1) is 22.5 Å². The number of nitrogens with zero attached hydrogens (tertiary/aromatic N) is 2. The van der Waals surface area contributed by atoms with Crippen LogP contribution in [0.4, 0.5) is 10.5 Å². The number of cyclic esters (lactones) is 1. The third kappa shape index (κ3) is 5.85. The van der Waals surface area contributed by atoms with Crippen LogP contribution in [0.1, 0.15) is 5.56 Å². The van der Waals surface area contributed by atoms with Crippen LogP contribution < -0.4 is 10.2 Å². The molecule has 0 spiro atoms. The highest BCUT2D eigenvalue weighted by Crippen LogP contribution is 2.23. The number of amides is 1. The van der Waals surface area contributed by atoms with Crippen LogP contribution in [-0.2, 0) is 20.7 Å². The minimum Gasteiger partial charge on any atom is -0.461 e. The van der Waals surface area contributed by atoms with Crippen molar-refractivity contribution < 1.29 is 19.1 Å². The smallest absolute Gasteiger partial charge is 0.408 e. The van der Waals surface area contributed by atoms with Gasteiger partial charge in [-0.25, -0.2) is 4.79 Å². The molecule has 0 aliphatic carbocycles. The Morgan fingerprint density at radius 1 is 1.06 bits per heavy atom. The number of esters is 1. The van der Waals surface area contributed by atoms with E-state index in [1.807, 2.05) is 18.2 Å². The van der Waals surface area contributed by atoms with Crippen molar-refractivity contribution in [2.75, 3.05) is 44.2 Å². The first kappa shape index (κ1) is 22.7. The van der Waals surface area contributed by atoms with Gasteiger partial charge in [0.15, 0.2) is 6.10 Å². The minimum absolute atomic E-state index is 0.00748. The number of piperazine rings is 1. The number of hydrogen-bond donors (Lipinski definition) is 1. The maximum atomic E-state index is 12.2. The SMILES string of the molecule is O=C(Cc1ccc(Cl)c(Cl)c1)OC[C@H]1OC(=O)N[C@@H]1CN1CCN(c2ccccc2)CC1. The quantitative estimate of drug-likeness (QED) is 0.616. The molecule has 7 nitrogen and oxygen atoms in total. The Morgan fingerprint density at radius 3 is 2.53 bits per heavy atom. The van der Waals surface area contributed by atoms with E-state index < -0.39 is 18.2 Å². The molecule has 2 fully saturated rings. The minimum atomic E-state index is -0.521. The molecule has 2 aromatic rings. The number of hydrogen-bond acceptors (Lipinski definition) is 6. The lowest BCUT2D eigenvalue weighted by molar-refractivity contribution is -0.145.